The SMILES string of the molecule is CCNC(=NCc1cccc(CN2CCCC2=O)c1)NCC1(C)CCCCC1O. The minimum absolute atomic E-state index is 0.101. The van der Waals surface area contributed by atoms with E-state index in [-0.39, 0.29) is 17.4 Å². The number of nitrogens with zero attached hydrogens (tertiary/aromatic N) is 2. The molecule has 0 bridgehead atoms. The molecule has 6 nitrogen and oxygen atoms in total. The van der Waals surface area contributed by atoms with Gasteiger partial charge < -0.3 is 20.6 Å². The maximum absolute atomic E-state index is 11.9. The molecule has 3 rings (SSSR count). The van der Waals surface area contributed by atoms with Gasteiger partial charge in [0.15, 0.2) is 5.96 Å². The van der Waals surface area contributed by atoms with Gasteiger partial charge in [0.1, 0.15) is 0 Å². The van der Waals surface area contributed by atoms with Crippen LogP contribution in [0.15, 0.2) is 29.3 Å². The smallest absolute Gasteiger partial charge is 0.222 e. The van der Waals surface area contributed by atoms with E-state index in [4.69, 9.17) is 4.99 Å². The fourth-order valence-electron chi connectivity index (χ4n) is 4.30. The van der Waals surface area contributed by atoms with Crippen molar-refractivity contribution in [2.45, 2.75) is 71.6 Å². The molecule has 2 aliphatic rings. The first kappa shape index (κ1) is 21.6. The van der Waals surface area contributed by atoms with Crippen LogP contribution >= 0.6 is 0 Å². The summed E-state index contributed by atoms with van der Waals surface area (Å²) < 4.78 is 0. The van der Waals surface area contributed by atoms with Crippen LogP contribution in [0.5, 0.6) is 0 Å². The Bertz CT molecular complexity index is 721. The first-order valence-electron chi connectivity index (χ1n) is 11.1. The zero-order valence-corrected chi connectivity index (χ0v) is 17.9. The molecule has 3 N–H and O–H groups in total. The molecule has 1 aromatic rings. The summed E-state index contributed by atoms with van der Waals surface area (Å²) in [6.07, 6.45) is 5.61. The molecule has 1 amide bonds. The normalized spacial score (nSPS) is 25.3. The lowest BCUT2D eigenvalue weighted by Crippen LogP contribution is -2.48. The summed E-state index contributed by atoms with van der Waals surface area (Å²) in [5.74, 6) is 1.04. The van der Waals surface area contributed by atoms with Gasteiger partial charge in [0, 0.05) is 38.0 Å². The van der Waals surface area contributed by atoms with Crippen molar-refractivity contribution >= 4 is 11.9 Å². The summed E-state index contributed by atoms with van der Waals surface area (Å²) in [5, 5.41) is 17.2. The third kappa shape index (κ3) is 5.95. The van der Waals surface area contributed by atoms with Gasteiger partial charge in [-0.1, -0.05) is 44.0 Å². The van der Waals surface area contributed by atoms with E-state index in [1.165, 1.54) is 6.42 Å². The number of likely N-dealkylation sites (tertiary alicyclic amines) is 1. The Morgan fingerprint density at radius 3 is 2.83 bits per heavy atom. The molecule has 1 saturated heterocycles. The summed E-state index contributed by atoms with van der Waals surface area (Å²) in [6.45, 7) is 7.86. The predicted octanol–water partition coefficient (Wildman–Crippen LogP) is 2.81. The molecule has 1 saturated carbocycles. The van der Waals surface area contributed by atoms with Gasteiger partial charge in [-0.15, -0.1) is 0 Å². The molecule has 0 radical (unpaired) electrons. The second-order valence-electron chi connectivity index (χ2n) is 8.70. The summed E-state index contributed by atoms with van der Waals surface area (Å²) in [7, 11) is 0. The van der Waals surface area contributed by atoms with Crippen LogP contribution in [0.3, 0.4) is 0 Å². The van der Waals surface area contributed by atoms with Crippen LogP contribution in [0.1, 0.15) is 63.5 Å². The Morgan fingerprint density at radius 2 is 2.10 bits per heavy atom. The predicted molar refractivity (Wildman–Crippen MR) is 116 cm³/mol. The van der Waals surface area contributed by atoms with E-state index >= 15 is 0 Å². The van der Waals surface area contributed by atoms with Crippen LogP contribution in [0, 0.1) is 5.41 Å². The lowest BCUT2D eigenvalue weighted by Gasteiger charge is -2.38. The number of amides is 1. The number of aliphatic imine (C=N–C) groups is 1. The first-order valence-corrected chi connectivity index (χ1v) is 11.1. The molecule has 1 aliphatic heterocycles. The lowest BCUT2D eigenvalue weighted by molar-refractivity contribution is -0.128. The topological polar surface area (TPSA) is 77.0 Å². The molecule has 2 fully saturated rings. The van der Waals surface area contributed by atoms with Gasteiger partial charge in [-0.05, 0) is 37.3 Å². The van der Waals surface area contributed by atoms with E-state index in [1.807, 2.05) is 11.0 Å². The van der Waals surface area contributed by atoms with Crippen molar-refractivity contribution in [3.05, 3.63) is 35.4 Å². The minimum Gasteiger partial charge on any atom is -0.392 e. The van der Waals surface area contributed by atoms with Gasteiger partial charge in [0.25, 0.3) is 0 Å². The maximum Gasteiger partial charge on any atom is 0.222 e. The summed E-state index contributed by atoms with van der Waals surface area (Å²) >= 11 is 0. The number of carbonyl (C=O) groups is 1. The highest BCUT2D eigenvalue weighted by Crippen LogP contribution is 2.35. The van der Waals surface area contributed by atoms with Crippen LogP contribution in [0.4, 0.5) is 0 Å². The molecular weight excluding hydrogens is 364 g/mol. The van der Waals surface area contributed by atoms with Gasteiger partial charge in [-0.2, -0.15) is 0 Å². The first-order chi connectivity index (χ1) is 14.0. The zero-order chi connectivity index (χ0) is 20.7. The monoisotopic (exact) mass is 400 g/mol. The molecule has 1 aliphatic carbocycles. The van der Waals surface area contributed by atoms with E-state index in [1.54, 1.807) is 0 Å². The van der Waals surface area contributed by atoms with Crippen molar-refractivity contribution in [3.63, 3.8) is 0 Å². The van der Waals surface area contributed by atoms with Crippen molar-refractivity contribution in [2.24, 2.45) is 10.4 Å². The Morgan fingerprint density at radius 1 is 1.28 bits per heavy atom. The van der Waals surface area contributed by atoms with Gasteiger partial charge in [-0.25, -0.2) is 4.99 Å². The van der Waals surface area contributed by atoms with E-state index in [2.05, 4.69) is 42.7 Å². The maximum atomic E-state index is 11.9. The van der Waals surface area contributed by atoms with Crippen molar-refractivity contribution in [1.29, 1.82) is 0 Å². The number of carbonyl (C=O) groups excluding carboxylic acids is 1. The number of nitrogens with one attached hydrogen (secondary N) is 2. The average molecular weight is 401 g/mol. The summed E-state index contributed by atoms with van der Waals surface area (Å²) in [4.78, 5) is 18.6. The highest BCUT2D eigenvalue weighted by molar-refractivity contribution is 5.79. The highest BCUT2D eigenvalue weighted by atomic mass is 16.3. The number of aliphatic hydroxyl groups is 1. The van der Waals surface area contributed by atoms with Crippen molar-refractivity contribution < 1.29 is 9.90 Å². The van der Waals surface area contributed by atoms with Gasteiger partial charge in [0.05, 0.1) is 12.6 Å². The fourth-order valence-corrected chi connectivity index (χ4v) is 4.30. The van der Waals surface area contributed by atoms with Crippen LogP contribution in [0.2, 0.25) is 0 Å². The number of rotatable bonds is 7. The molecule has 6 heteroatoms. The van der Waals surface area contributed by atoms with E-state index in [0.29, 0.717) is 19.5 Å². The van der Waals surface area contributed by atoms with Crippen LogP contribution in [0.25, 0.3) is 0 Å². The lowest BCUT2D eigenvalue weighted by atomic mass is 9.73. The Balaban J connectivity index is 1.59. The molecule has 1 aromatic carbocycles. The van der Waals surface area contributed by atoms with Crippen LogP contribution in [-0.2, 0) is 17.9 Å². The minimum atomic E-state index is -0.253. The number of guanidine groups is 1. The Hall–Kier alpha value is -2.08. The average Bonchev–Trinajstić information content (AvgIpc) is 3.11. The van der Waals surface area contributed by atoms with Gasteiger partial charge >= 0.3 is 0 Å². The van der Waals surface area contributed by atoms with E-state index in [9.17, 15) is 9.90 Å². The highest BCUT2D eigenvalue weighted by Gasteiger charge is 2.35. The summed E-state index contributed by atoms with van der Waals surface area (Å²) in [5.41, 5.74) is 2.19. The Kier molecular flexibility index (Phi) is 7.53. The fraction of sp³-hybridized carbons (Fsp3) is 0.652. The molecule has 160 valence electrons. The van der Waals surface area contributed by atoms with Crippen molar-refractivity contribution in [3.8, 4) is 0 Å². The third-order valence-electron chi connectivity index (χ3n) is 6.24. The number of hydrogen-bond donors (Lipinski definition) is 3. The third-order valence-corrected chi connectivity index (χ3v) is 6.24. The molecular formula is C23H36N4O2. The van der Waals surface area contributed by atoms with Gasteiger partial charge in [0.2, 0.25) is 5.91 Å². The van der Waals surface area contributed by atoms with Crippen LogP contribution in [-0.4, -0.2) is 47.6 Å². The molecule has 29 heavy (non-hydrogen) atoms. The van der Waals surface area contributed by atoms with Crippen LogP contribution < -0.4 is 10.6 Å². The molecule has 1 heterocycles. The molecule has 2 unspecified atom stereocenters. The summed E-state index contributed by atoms with van der Waals surface area (Å²) in [6, 6.07) is 8.34. The van der Waals surface area contributed by atoms with Crippen molar-refractivity contribution in [2.75, 3.05) is 19.6 Å². The second kappa shape index (κ2) is 10.1. The molecule has 2 atom stereocenters. The Labute approximate surface area is 174 Å². The quantitative estimate of drug-likeness (QED) is 0.486. The zero-order valence-electron chi connectivity index (χ0n) is 17.9. The number of aliphatic hydroxyl groups excluding tert-OH is 1. The second-order valence-corrected chi connectivity index (χ2v) is 8.70. The number of hydrogen-bond acceptors (Lipinski definition) is 3. The van der Waals surface area contributed by atoms with Gasteiger partial charge in [-0.3, -0.25) is 4.79 Å². The van der Waals surface area contributed by atoms with E-state index in [0.717, 1.165) is 62.4 Å². The molecule has 0 spiro atoms. The van der Waals surface area contributed by atoms with E-state index < -0.39 is 0 Å². The number of benzene rings is 1. The molecule has 0 aromatic heterocycles. The largest absolute Gasteiger partial charge is 0.392 e. The standard InChI is InChI=1S/C23H36N4O2/c1-3-24-22(26-17-23(2)12-5-4-10-20(23)28)25-15-18-8-6-9-19(14-18)16-27-13-7-11-21(27)29/h6,8-9,14,20,28H,3-5,7,10-13,15-17H2,1-2H3,(H2,24,25,26). The van der Waals surface area contributed by atoms with Crippen molar-refractivity contribution in [1.82, 2.24) is 15.5 Å².